The summed E-state index contributed by atoms with van der Waals surface area (Å²) in [7, 11) is 1.57. The van der Waals surface area contributed by atoms with Crippen molar-refractivity contribution in [1.82, 2.24) is 5.32 Å². The summed E-state index contributed by atoms with van der Waals surface area (Å²) in [4.78, 5) is 0. The summed E-state index contributed by atoms with van der Waals surface area (Å²) in [5.41, 5.74) is 0.269. The van der Waals surface area contributed by atoms with Crippen molar-refractivity contribution in [2.75, 3.05) is 26.9 Å². The number of halogens is 1. The van der Waals surface area contributed by atoms with Crippen LogP contribution in [-0.4, -0.2) is 43.1 Å². The lowest BCUT2D eigenvalue weighted by Crippen LogP contribution is -2.37. The number of rotatable bonds is 8. The fourth-order valence-corrected chi connectivity index (χ4v) is 1.73. The molecule has 0 radical (unpaired) electrons. The number of benzene rings is 1. The predicted molar refractivity (Wildman–Crippen MR) is 66.7 cm³/mol. The molecule has 0 aromatic heterocycles. The van der Waals surface area contributed by atoms with Gasteiger partial charge in [-0.05, 0) is 12.5 Å². The average molecular weight is 257 g/mol. The zero-order chi connectivity index (χ0) is 13.4. The van der Waals surface area contributed by atoms with Gasteiger partial charge < -0.3 is 20.3 Å². The predicted octanol–water partition coefficient (Wildman–Crippen LogP) is 0.846. The fraction of sp³-hybridized carbons (Fsp3) is 0.538. The Balaban J connectivity index is 2.49. The highest BCUT2D eigenvalue weighted by molar-refractivity contribution is 5.19. The molecule has 1 aromatic carbocycles. The van der Waals surface area contributed by atoms with Gasteiger partial charge in [-0.1, -0.05) is 18.2 Å². The van der Waals surface area contributed by atoms with Crippen LogP contribution in [0.1, 0.15) is 18.1 Å². The van der Waals surface area contributed by atoms with Crippen molar-refractivity contribution in [3.05, 3.63) is 35.6 Å². The molecule has 3 N–H and O–H groups in total. The van der Waals surface area contributed by atoms with Crippen LogP contribution in [0.2, 0.25) is 0 Å². The summed E-state index contributed by atoms with van der Waals surface area (Å²) in [6.45, 7) is 0.691. The van der Waals surface area contributed by atoms with E-state index in [1.165, 1.54) is 6.07 Å². The summed E-state index contributed by atoms with van der Waals surface area (Å²) in [6, 6.07) is 6.08. The summed E-state index contributed by atoms with van der Waals surface area (Å²) < 4.78 is 18.4. The molecule has 0 spiro atoms. The third-order valence-electron chi connectivity index (χ3n) is 2.71. The Kier molecular flexibility index (Phi) is 6.82. The molecule has 0 aliphatic heterocycles. The average Bonchev–Trinajstić information content (AvgIpc) is 2.36. The molecule has 102 valence electrons. The number of hydrogen-bond donors (Lipinski definition) is 3. The molecule has 4 nitrogen and oxygen atoms in total. The molecule has 2 unspecified atom stereocenters. The Morgan fingerprint density at radius 1 is 1.39 bits per heavy atom. The number of aliphatic hydroxyl groups excluding tert-OH is 2. The number of nitrogens with one attached hydrogen (secondary N) is 1. The van der Waals surface area contributed by atoms with Crippen molar-refractivity contribution in [2.45, 2.75) is 18.6 Å². The van der Waals surface area contributed by atoms with E-state index in [-0.39, 0.29) is 24.8 Å². The van der Waals surface area contributed by atoms with Crippen LogP contribution in [0.25, 0.3) is 0 Å². The molecule has 0 heterocycles. The summed E-state index contributed by atoms with van der Waals surface area (Å²) >= 11 is 0. The van der Waals surface area contributed by atoms with E-state index in [1.807, 2.05) is 0 Å². The zero-order valence-corrected chi connectivity index (χ0v) is 10.5. The largest absolute Gasteiger partial charge is 0.396 e. The van der Waals surface area contributed by atoms with Gasteiger partial charge >= 0.3 is 0 Å². The monoisotopic (exact) mass is 257 g/mol. The van der Waals surface area contributed by atoms with E-state index in [2.05, 4.69) is 5.32 Å². The highest BCUT2D eigenvalue weighted by Crippen LogP contribution is 2.15. The molecule has 0 saturated heterocycles. The first kappa shape index (κ1) is 15.0. The molecular weight excluding hydrogens is 237 g/mol. The maximum absolute atomic E-state index is 13.4. The van der Waals surface area contributed by atoms with Gasteiger partial charge in [-0.15, -0.1) is 0 Å². The van der Waals surface area contributed by atoms with E-state index in [0.717, 1.165) is 0 Å². The van der Waals surface area contributed by atoms with Crippen LogP contribution in [-0.2, 0) is 4.74 Å². The van der Waals surface area contributed by atoms with Gasteiger partial charge in [0, 0.05) is 31.9 Å². The Labute approximate surface area is 106 Å². The maximum Gasteiger partial charge on any atom is 0.129 e. The van der Waals surface area contributed by atoms with Crippen LogP contribution in [0, 0.1) is 5.82 Å². The van der Waals surface area contributed by atoms with Gasteiger partial charge in [0.2, 0.25) is 0 Å². The summed E-state index contributed by atoms with van der Waals surface area (Å²) in [5, 5.41) is 21.8. The van der Waals surface area contributed by atoms with E-state index in [9.17, 15) is 9.50 Å². The second-order valence-corrected chi connectivity index (χ2v) is 4.11. The van der Waals surface area contributed by atoms with Crippen molar-refractivity contribution in [3.63, 3.8) is 0 Å². The molecule has 0 amide bonds. The highest BCUT2D eigenvalue weighted by Gasteiger charge is 2.14. The quantitative estimate of drug-likeness (QED) is 0.646. The number of ether oxygens (including phenoxy) is 1. The molecular formula is C13H20FNO3. The molecule has 1 rings (SSSR count). The first-order chi connectivity index (χ1) is 8.69. The van der Waals surface area contributed by atoms with Crippen LogP contribution in [0.15, 0.2) is 24.3 Å². The van der Waals surface area contributed by atoms with E-state index in [1.54, 1.807) is 25.3 Å². The first-order valence-electron chi connectivity index (χ1n) is 5.94. The van der Waals surface area contributed by atoms with Crippen LogP contribution in [0.5, 0.6) is 0 Å². The summed E-state index contributed by atoms with van der Waals surface area (Å²) in [5.74, 6) is -0.419. The Hall–Kier alpha value is -1.01. The van der Waals surface area contributed by atoms with Gasteiger partial charge in [0.15, 0.2) is 0 Å². The molecule has 0 fully saturated rings. The van der Waals surface area contributed by atoms with Crippen LogP contribution >= 0.6 is 0 Å². The lowest BCUT2D eigenvalue weighted by atomic mass is 10.1. The van der Waals surface area contributed by atoms with Crippen molar-refractivity contribution in [1.29, 1.82) is 0 Å². The van der Waals surface area contributed by atoms with Gasteiger partial charge in [-0.2, -0.15) is 0 Å². The molecule has 0 aliphatic carbocycles. The lowest BCUT2D eigenvalue weighted by Gasteiger charge is -2.19. The number of methoxy groups -OCH3 is 1. The van der Waals surface area contributed by atoms with Crippen molar-refractivity contribution in [2.24, 2.45) is 0 Å². The maximum atomic E-state index is 13.4. The standard InChI is InChI=1S/C13H20FNO3/c1-18-9-10(6-7-16)15-8-13(17)11-4-2-3-5-12(11)14/h2-5,10,13,15-17H,6-9H2,1H3. The molecule has 2 atom stereocenters. The third-order valence-corrected chi connectivity index (χ3v) is 2.71. The second-order valence-electron chi connectivity index (χ2n) is 4.11. The van der Waals surface area contributed by atoms with Crippen molar-refractivity contribution < 1.29 is 19.3 Å². The van der Waals surface area contributed by atoms with E-state index in [4.69, 9.17) is 9.84 Å². The molecule has 18 heavy (non-hydrogen) atoms. The SMILES string of the molecule is COCC(CCO)NCC(O)c1ccccc1F. The molecule has 0 bridgehead atoms. The van der Waals surface area contributed by atoms with E-state index in [0.29, 0.717) is 13.0 Å². The minimum absolute atomic E-state index is 0.0385. The van der Waals surface area contributed by atoms with Gasteiger partial charge in [0.25, 0.3) is 0 Å². The normalized spacial score (nSPS) is 14.4. The van der Waals surface area contributed by atoms with Crippen molar-refractivity contribution in [3.8, 4) is 0 Å². The second kappa shape index (κ2) is 8.16. The van der Waals surface area contributed by atoms with Crippen LogP contribution in [0.3, 0.4) is 0 Å². The zero-order valence-electron chi connectivity index (χ0n) is 10.5. The van der Waals surface area contributed by atoms with Gasteiger partial charge in [-0.3, -0.25) is 0 Å². The number of hydrogen-bond acceptors (Lipinski definition) is 4. The Morgan fingerprint density at radius 3 is 2.72 bits per heavy atom. The molecule has 0 aliphatic rings. The number of aliphatic hydroxyl groups is 2. The molecule has 5 heteroatoms. The topological polar surface area (TPSA) is 61.7 Å². The minimum Gasteiger partial charge on any atom is -0.396 e. The van der Waals surface area contributed by atoms with E-state index < -0.39 is 11.9 Å². The fourth-order valence-electron chi connectivity index (χ4n) is 1.73. The van der Waals surface area contributed by atoms with Crippen LogP contribution < -0.4 is 5.32 Å². The first-order valence-corrected chi connectivity index (χ1v) is 5.94. The smallest absolute Gasteiger partial charge is 0.129 e. The Bertz CT molecular complexity index is 343. The van der Waals surface area contributed by atoms with Gasteiger partial charge in [-0.25, -0.2) is 4.39 Å². The van der Waals surface area contributed by atoms with Gasteiger partial charge in [0.05, 0.1) is 12.7 Å². The molecule has 0 saturated carbocycles. The van der Waals surface area contributed by atoms with Crippen LogP contribution in [0.4, 0.5) is 4.39 Å². The minimum atomic E-state index is -0.913. The highest BCUT2D eigenvalue weighted by atomic mass is 19.1. The van der Waals surface area contributed by atoms with Crippen molar-refractivity contribution >= 4 is 0 Å². The summed E-state index contributed by atoms with van der Waals surface area (Å²) in [6.07, 6.45) is -0.387. The third kappa shape index (κ3) is 4.70. The Morgan fingerprint density at radius 2 is 2.11 bits per heavy atom. The van der Waals surface area contributed by atoms with Gasteiger partial charge in [0.1, 0.15) is 5.82 Å². The molecule has 1 aromatic rings. The lowest BCUT2D eigenvalue weighted by molar-refractivity contribution is 0.125. The van der Waals surface area contributed by atoms with E-state index >= 15 is 0 Å².